The van der Waals surface area contributed by atoms with Crippen molar-refractivity contribution in [1.82, 2.24) is 0 Å². The summed E-state index contributed by atoms with van der Waals surface area (Å²) in [6.07, 6.45) is 7.24. The van der Waals surface area contributed by atoms with Crippen LogP contribution in [-0.2, 0) is 0 Å². The standard InChI is InChI=1S/C21H32O2Si/c1-8-10-11-13-18(14-19(12-9-2)24(5,6)7)21-15-20(16(3)22)17(4)23-21/h9,15H,2,8,10-13H2,1,3-7H3. The lowest BCUT2D eigenvalue weighted by Gasteiger charge is -2.18. The first kappa shape index (κ1) is 20.5. The van der Waals surface area contributed by atoms with Crippen LogP contribution in [-0.4, -0.2) is 13.9 Å². The van der Waals surface area contributed by atoms with E-state index in [-0.39, 0.29) is 5.78 Å². The third-order valence-corrected chi connectivity index (χ3v) is 6.32. The molecule has 0 unspecified atom stereocenters. The highest BCUT2D eigenvalue weighted by Crippen LogP contribution is 2.28. The molecule has 0 radical (unpaired) electrons. The zero-order valence-corrected chi connectivity index (χ0v) is 17.2. The zero-order chi connectivity index (χ0) is 18.3. The van der Waals surface area contributed by atoms with Crippen molar-refractivity contribution in [3.63, 3.8) is 0 Å². The molecule has 1 aromatic heterocycles. The van der Waals surface area contributed by atoms with Gasteiger partial charge in [-0.15, -0.1) is 12.3 Å². The lowest BCUT2D eigenvalue weighted by molar-refractivity contribution is 0.101. The van der Waals surface area contributed by atoms with Gasteiger partial charge < -0.3 is 4.42 Å². The number of rotatable bonds is 9. The van der Waals surface area contributed by atoms with Crippen LogP contribution in [0.5, 0.6) is 0 Å². The van der Waals surface area contributed by atoms with Gasteiger partial charge in [-0.05, 0) is 44.4 Å². The van der Waals surface area contributed by atoms with Crippen molar-refractivity contribution in [3.8, 4) is 0 Å². The van der Waals surface area contributed by atoms with E-state index in [9.17, 15) is 4.79 Å². The Kier molecular flexibility index (Phi) is 7.72. The van der Waals surface area contributed by atoms with E-state index in [4.69, 9.17) is 4.42 Å². The second kappa shape index (κ2) is 9.05. The number of carbonyl (C=O) groups excluding carboxylic acids is 1. The molecule has 0 aliphatic carbocycles. The number of furan rings is 1. The van der Waals surface area contributed by atoms with Crippen molar-refractivity contribution in [1.29, 1.82) is 0 Å². The molecular formula is C21H32O2Si. The smallest absolute Gasteiger partial charge is 0.163 e. The van der Waals surface area contributed by atoms with Gasteiger partial charge in [-0.3, -0.25) is 4.79 Å². The van der Waals surface area contributed by atoms with Gasteiger partial charge in [0.2, 0.25) is 0 Å². The lowest BCUT2D eigenvalue weighted by atomic mass is 10.0. The molecule has 0 saturated heterocycles. The highest BCUT2D eigenvalue weighted by atomic mass is 28.3. The normalized spacial score (nSPS) is 11.1. The van der Waals surface area contributed by atoms with E-state index in [0.29, 0.717) is 11.3 Å². The van der Waals surface area contributed by atoms with Gasteiger partial charge in [0.05, 0.1) is 13.6 Å². The van der Waals surface area contributed by atoms with Crippen molar-refractivity contribution in [3.05, 3.63) is 46.7 Å². The van der Waals surface area contributed by atoms with Crippen molar-refractivity contribution in [2.75, 3.05) is 0 Å². The maximum Gasteiger partial charge on any atom is 0.163 e. The first-order valence-corrected chi connectivity index (χ1v) is 12.4. The largest absolute Gasteiger partial charge is 0.460 e. The van der Waals surface area contributed by atoms with Gasteiger partial charge in [-0.25, -0.2) is 0 Å². The number of carbonyl (C=O) groups is 1. The molecule has 0 aromatic carbocycles. The van der Waals surface area contributed by atoms with Crippen molar-refractivity contribution in [2.45, 2.75) is 72.5 Å². The van der Waals surface area contributed by atoms with Crippen molar-refractivity contribution in [2.24, 2.45) is 0 Å². The Morgan fingerprint density at radius 1 is 1.33 bits per heavy atom. The third kappa shape index (κ3) is 5.81. The maximum atomic E-state index is 11.7. The Labute approximate surface area is 148 Å². The molecule has 24 heavy (non-hydrogen) atoms. The molecule has 0 aliphatic rings. The maximum absolute atomic E-state index is 11.7. The van der Waals surface area contributed by atoms with Gasteiger partial charge in [0.1, 0.15) is 11.5 Å². The van der Waals surface area contributed by atoms with Crippen LogP contribution in [0, 0.1) is 6.92 Å². The minimum Gasteiger partial charge on any atom is -0.460 e. The van der Waals surface area contributed by atoms with Crippen LogP contribution in [0.2, 0.25) is 19.6 Å². The van der Waals surface area contributed by atoms with Crippen molar-refractivity contribution >= 4 is 19.4 Å². The van der Waals surface area contributed by atoms with Gasteiger partial charge in [0, 0.05) is 5.57 Å². The lowest BCUT2D eigenvalue weighted by Crippen LogP contribution is -2.23. The van der Waals surface area contributed by atoms with E-state index in [1.165, 1.54) is 18.0 Å². The summed E-state index contributed by atoms with van der Waals surface area (Å²) in [4.78, 5) is 11.7. The molecule has 0 amide bonds. The third-order valence-electron chi connectivity index (χ3n) is 4.18. The van der Waals surface area contributed by atoms with Crippen LogP contribution in [0.3, 0.4) is 0 Å². The highest BCUT2D eigenvalue weighted by Gasteiger charge is 2.20. The summed E-state index contributed by atoms with van der Waals surface area (Å²) >= 11 is 0. The van der Waals surface area contributed by atoms with E-state index in [1.54, 1.807) is 6.92 Å². The Hall–Kier alpha value is -1.57. The van der Waals surface area contributed by atoms with Crippen LogP contribution in [0.4, 0.5) is 0 Å². The summed E-state index contributed by atoms with van der Waals surface area (Å²) in [7, 11) is -1.47. The first-order chi connectivity index (χ1) is 11.2. The Bertz CT molecular complexity index is 650. The molecule has 0 bridgehead atoms. The fourth-order valence-corrected chi connectivity index (χ4v) is 3.93. The van der Waals surface area contributed by atoms with Crippen molar-refractivity contribution < 1.29 is 9.21 Å². The summed E-state index contributed by atoms with van der Waals surface area (Å²) < 4.78 is 5.92. The molecule has 0 spiro atoms. The molecule has 3 heteroatoms. The summed E-state index contributed by atoms with van der Waals surface area (Å²) in [5.41, 5.74) is 5.44. The second-order valence-electron chi connectivity index (χ2n) is 7.42. The van der Waals surface area contributed by atoms with Gasteiger partial charge in [-0.2, -0.15) is 0 Å². The molecule has 0 saturated carbocycles. The van der Waals surface area contributed by atoms with E-state index in [0.717, 1.165) is 30.6 Å². The van der Waals surface area contributed by atoms with Crippen LogP contribution in [0.25, 0.3) is 5.57 Å². The van der Waals surface area contributed by atoms with Crippen LogP contribution >= 0.6 is 0 Å². The fraction of sp³-hybridized carbons (Fsp3) is 0.524. The number of hydrogen-bond acceptors (Lipinski definition) is 2. The molecule has 1 heterocycles. The molecule has 0 N–H and O–H groups in total. The molecular weight excluding hydrogens is 312 g/mol. The van der Waals surface area contributed by atoms with Crippen LogP contribution in [0.1, 0.15) is 67.8 Å². The zero-order valence-electron chi connectivity index (χ0n) is 16.2. The number of allylic oxidation sites excluding steroid dienone is 2. The molecule has 0 atom stereocenters. The number of aryl methyl sites for hydroxylation is 1. The molecule has 1 aromatic rings. The number of hydrogen-bond donors (Lipinski definition) is 0. The SMILES string of the molecule is C=CCC(=C=C(CCCCC)c1cc(C(C)=O)c(C)o1)[Si](C)(C)C. The fourth-order valence-electron chi connectivity index (χ4n) is 2.65. The summed E-state index contributed by atoms with van der Waals surface area (Å²) in [5, 5.41) is 1.35. The molecule has 0 fully saturated rings. The van der Waals surface area contributed by atoms with Crippen LogP contribution < -0.4 is 0 Å². The van der Waals surface area contributed by atoms with Gasteiger partial charge >= 0.3 is 0 Å². The topological polar surface area (TPSA) is 30.2 Å². The Morgan fingerprint density at radius 2 is 2.00 bits per heavy atom. The Morgan fingerprint density at radius 3 is 2.46 bits per heavy atom. The second-order valence-corrected chi connectivity index (χ2v) is 12.5. The first-order valence-electron chi connectivity index (χ1n) is 8.92. The number of Topliss-reactive ketones (excluding diaryl/α,β-unsaturated/α-hetero) is 1. The van der Waals surface area contributed by atoms with Gasteiger partial charge in [0.25, 0.3) is 0 Å². The van der Waals surface area contributed by atoms with E-state index >= 15 is 0 Å². The molecule has 0 aliphatic heterocycles. The average molecular weight is 345 g/mol. The molecule has 1 rings (SSSR count). The Balaban J connectivity index is 3.44. The molecule has 2 nitrogen and oxygen atoms in total. The van der Waals surface area contributed by atoms with E-state index in [2.05, 4.69) is 38.9 Å². The number of unbranched alkanes of at least 4 members (excludes halogenated alkanes) is 2. The monoisotopic (exact) mass is 344 g/mol. The summed E-state index contributed by atoms with van der Waals surface area (Å²) in [6, 6.07) is 1.89. The molecule has 132 valence electrons. The van der Waals surface area contributed by atoms with Crippen LogP contribution in [0.15, 0.2) is 34.1 Å². The number of ketones is 1. The van der Waals surface area contributed by atoms with E-state index < -0.39 is 8.07 Å². The van der Waals surface area contributed by atoms with Gasteiger partial charge in [-0.1, -0.05) is 45.5 Å². The average Bonchev–Trinajstić information content (AvgIpc) is 2.86. The minimum absolute atomic E-state index is 0.0518. The predicted molar refractivity (Wildman–Crippen MR) is 106 cm³/mol. The summed E-state index contributed by atoms with van der Waals surface area (Å²) in [6.45, 7) is 16.5. The quantitative estimate of drug-likeness (QED) is 0.163. The highest BCUT2D eigenvalue weighted by molar-refractivity contribution is 6.83. The van der Waals surface area contributed by atoms with E-state index in [1.807, 2.05) is 19.1 Å². The van der Waals surface area contributed by atoms with Gasteiger partial charge in [0.15, 0.2) is 5.78 Å². The minimum atomic E-state index is -1.47. The summed E-state index contributed by atoms with van der Waals surface area (Å²) in [5.74, 6) is 1.55. The predicted octanol–water partition coefficient (Wildman–Crippen LogP) is 6.73.